The van der Waals surface area contributed by atoms with E-state index in [0.29, 0.717) is 37.8 Å². The Morgan fingerprint density at radius 2 is 1.76 bits per heavy atom. The molecule has 1 amide bonds. The molecule has 8 heteroatoms. The number of β-amino-alcohol motifs (C(OH)–C–C–N with tert-alkyl or cyclic N) is 1. The standard InChI is InChI=1S/C30H53N3O5/c1-21(2)24(17-23-11-12-27(37-6)28(18-23)38-16-10-15-36-5)19-25(32-30(35)29(31)22(3)4)26(34)20-33-13-8-7-9-14-33/h11-12,18,21-22,24-26,29,34H,7-10,13-17,19-20,31H2,1-6H3,(H,32,35)/t24-,25+,26+,29+/m1/s1. The highest BCUT2D eigenvalue weighted by Crippen LogP contribution is 2.31. The van der Waals surface area contributed by atoms with Crippen molar-refractivity contribution in [1.29, 1.82) is 0 Å². The summed E-state index contributed by atoms with van der Waals surface area (Å²) in [6.45, 7) is 12.0. The van der Waals surface area contributed by atoms with Gasteiger partial charge >= 0.3 is 0 Å². The van der Waals surface area contributed by atoms with E-state index in [9.17, 15) is 9.90 Å². The van der Waals surface area contributed by atoms with Crippen LogP contribution in [0.3, 0.4) is 0 Å². The van der Waals surface area contributed by atoms with Crippen LogP contribution in [0, 0.1) is 17.8 Å². The minimum atomic E-state index is -0.659. The van der Waals surface area contributed by atoms with Crippen LogP contribution in [-0.2, 0) is 16.0 Å². The molecule has 1 aromatic carbocycles. The number of benzene rings is 1. The molecule has 38 heavy (non-hydrogen) atoms. The Kier molecular flexibility index (Phi) is 14.4. The number of hydrogen-bond donors (Lipinski definition) is 3. The lowest BCUT2D eigenvalue weighted by atomic mass is 9.82. The molecule has 0 saturated carbocycles. The zero-order chi connectivity index (χ0) is 28.1. The van der Waals surface area contributed by atoms with Crippen LogP contribution in [0.15, 0.2) is 18.2 Å². The average molecular weight is 536 g/mol. The SMILES string of the molecule is COCCCOc1cc(C[C@H](C[C@H](NC(=O)[C@@H](N)C(C)C)[C@@H](O)CN2CCCCC2)C(C)C)ccc1OC. The molecule has 4 N–H and O–H groups in total. The van der Waals surface area contributed by atoms with Gasteiger partial charge in [-0.05, 0) is 74.2 Å². The fraction of sp³-hybridized carbons (Fsp3) is 0.767. The second-order valence-corrected chi connectivity index (χ2v) is 11.4. The molecule has 1 saturated heterocycles. The number of ether oxygens (including phenoxy) is 3. The van der Waals surface area contributed by atoms with E-state index in [2.05, 4.69) is 30.1 Å². The summed E-state index contributed by atoms with van der Waals surface area (Å²) >= 11 is 0. The van der Waals surface area contributed by atoms with Crippen LogP contribution in [0.2, 0.25) is 0 Å². The summed E-state index contributed by atoms with van der Waals surface area (Å²) in [5.41, 5.74) is 7.31. The number of amides is 1. The van der Waals surface area contributed by atoms with Crippen LogP contribution in [0.25, 0.3) is 0 Å². The molecular formula is C30H53N3O5. The third-order valence-corrected chi connectivity index (χ3v) is 7.68. The van der Waals surface area contributed by atoms with Crippen molar-refractivity contribution >= 4 is 5.91 Å². The first-order valence-electron chi connectivity index (χ1n) is 14.4. The first-order valence-corrected chi connectivity index (χ1v) is 14.4. The second kappa shape index (κ2) is 17.0. The molecule has 0 unspecified atom stereocenters. The van der Waals surface area contributed by atoms with Crippen molar-refractivity contribution < 1.29 is 24.1 Å². The van der Waals surface area contributed by atoms with E-state index in [-0.39, 0.29) is 23.8 Å². The van der Waals surface area contributed by atoms with Gasteiger partial charge in [-0.25, -0.2) is 0 Å². The summed E-state index contributed by atoms with van der Waals surface area (Å²) in [6, 6.07) is 5.10. The van der Waals surface area contributed by atoms with Gasteiger partial charge in [0.05, 0.1) is 31.9 Å². The lowest BCUT2D eigenvalue weighted by molar-refractivity contribution is -0.125. The minimum absolute atomic E-state index is 0.0254. The Morgan fingerprint density at radius 1 is 1.05 bits per heavy atom. The molecule has 0 radical (unpaired) electrons. The number of aliphatic hydroxyl groups is 1. The Bertz CT molecular complexity index is 813. The average Bonchev–Trinajstić information content (AvgIpc) is 2.90. The Morgan fingerprint density at radius 3 is 2.37 bits per heavy atom. The number of carbonyl (C=O) groups excluding carboxylic acids is 1. The van der Waals surface area contributed by atoms with Gasteiger partial charge in [-0.15, -0.1) is 0 Å². The van der Waals surface area contributed by atoms with Gasteiger partial charge in [-0.2, -0.15) is 0 Å². The first-order chi connectivity index (χ1) is 18.2. The molecule has 1 aliphatic heterocycles. The lowest BCUT2D eigenvalue weighted by Crippen LogP contribution is -2.54. The smallest absolute Gasteiger partial charge is 0.237 e. The van der Waals surface area contributed by atoms with Gasteiger partial charge in [-0.1, -0.05) is 40.2 Å². The Labute approximate surface area is 230 Å². The van der Waals surface area contributed by atoms with E-state index in [1.165, 1.54) is 6.42 Å². The molecule has 2 rings (SSSR count). The number of nitrogens with zero attached hydrogens (tertiary/aromatic N) is 1. The second-order valence-electron chi connectivity index (χ2n) is 11.4. The lowest BCUT2D eigenvalue weighted by Gasteiger charge is -2.35. The molecule has 218 valence electrons. The van der Waals surface area contributed by atoms with E-state index >= 15 is 0 Å². The van der Waals surface area contributed by atoms with Gasteiger partial charge in [0.25, 0.3) is 0 Å². The maximum atomic E-state index is 13.0. The van der Waals surface area contributed by atoms with E-state index in [1.54, 1.807) is 14.2 Å². The number of hydrogen-bond acceptors (Lipinski definition) is 7. The Balaban J connectivity index is 2.18. The number of methoxy groups -OCH3 is 2. The topological polar surface area (TPSA) is 106 Å². The summed E-state index contributed by atoms with van der Waals surface area (Å²) in [5.74, 6) is 1.85. The van der Waals surface area contributed by atoms with E-state index < -0.39 is 12.1 Å². The molecular weight excluding hydrogens is 482 g/mol. The molecule has 8 nitrogen and oxygen atoms in total. The van der Waals surface area contributed by atoms with E-state index in [0.717, 1.165) is 50.1 Å². The maximum absolute atomic E-state index is 13.0. The summed E-state index contributed by atoms with van der Waals surface area (Å²) in [4.78, 5) is 15.3. The number of rotatable bonds is 17. The van der Waals surface area contributed by atoms with Gasteiger partial charge in [0, 0.05) is 26.7 Å². The third kappa shape index (κ3) is 10.7. The fourth-order valence-corrected chi connectivity index (χ4v) is 4.99. The molecule has 0 bridgehead atoms. The minimum Gasteiger partial charge on any atom is -0.493 e. The normalized spacial score (nSPS) is 17.7. The predicted octanol–water partition coefficient (Wildman–Crippen LogP) is 3.63. The zero-order valence-electron chi connectivity index (χ0n) is 24.6. The molecule has 1 heterocycles. The molecule has 4 atom stereocenters. The van der Waals surface area contributed by atoms with Crippen LogP contribution in [0.5, 0.6) is 11.5 Å². The maximum Gasteiger partial charge on any atom is 0.237 e. The molecule has 1 aliphatic rings. The predicted molar refractivity (Wildman–Crippen MR) is 153 cm³/mol. The molecule has 0 aliphatic carbocycles. The number of nitrogens with two attached hydrogens (primary N) is 1. The quantitative estimate of drug-likeness (QED) is 0.262. The fourth-order valence-electron chi connectivity index (χ4n) is 4.99. The van der Waals surface area contributed by atoms with E-state index in [4.69, 9.17) is 19.9 Å². The van der Waals surface area contributed by atoms with Gasteiger partial charge in [-0.3, -0.25) is 4.79 Å². The highest BCUT2D eigenvalue weighted by molar-refractivity contribution is 5.82. The first kappa shape index (κ1) is 32.3. The number of carbonyl (C=O) groups is 1. The highest BCUT2D eigenvalue weighted by Gasteiger charge is 2.30. The van der Waals surface area contributed by atoms with Crippen LogP contribution < -0.4 is 20.5 Å². The number of likely N-dealkylation sites (tertiary alicyclic amines) is 1. The monoisotopic (exact) mass is 535 g/mol. The summed E-state index contributed by atoms with van der Waals surface area (Å²) in [7, 11) is 3.33. The van der Waals surface area contributed by atoms with Crippen molar-refractivity contribution in [2.75, 3.05) is 47.1 Å². The van der Waals surface area contributed by atoms with Gasteiger partial charge in [0.2, 0.25) is 5.91 Å². The van der Waals surface area contributed by atoms with Gasteiger partial charge in [0.1, 0.15) is 0 Å². The zero-order valence-corrected chi connectivity index (χ0v) is 24.6. The summed E-state index contributed by atoms with van der Waals surface area (Å²) < 4.78 is 16.6. The van der Waals surface area contributed by atoms with Gasteiger partial charge in [0.15, 0.2) is 11.5 Å². The van der Waals surface area contributed by atoms with Crippen LogP contribution in [0.1, 0.15) is 65.4 Å². The molecule has 1 aromatic rings. The van der Waals surface area contributed by atoms with Gasteiger partial charge < -0.3 is 35.3 Å². The van der Waals surface area contributed by atoms with Crippen molar-refractivity contribution in [3.63, 3.8) is 0 Å². The van der Waals surface area contributed by atoms with Crippen LogP contribution >= 0.6 is 0 Å². The summed E-state index contributed by atoms with van der Waals surface area (Å²) in [5, 5.41) is 14.5. The summed E-state index contributed by atoms with van der Waals surface area (Å²) in [6.07, 6.45) is 5.16. The van der Waals surface area contributed by atoms with Crippen LogP contribution in [0.4, 0.5) is 0 Å². The molecule has 1 fully saturated rings. The number of nitrogens with one attached hydrogen (secondary N) is 1. The van der Waals surface area contributed by atoms with Crippen molar-refractivity contribution in [3.05, 3.63) is 23.8 Å². The van der Waals surface area contributed by atoms with Crippen molar-refractivity contribution in [3.8, 4) is 11.5 Å². The number of aliphatic hydroxyl groups excluding tert-OH is 1. The van der Waals surface area contributed by atoms with Crippen molar-refractivity contribution in [2.24, 2.45) is 23.5 Å². The molecule has 0 spiro atoms. The third-order valence-electron chi connectivity index (χ3n) is 7.68. The van der Waals surface area contributed by atoms with E-state index in [1.807, 2.05) is 26.0 Å². The number of piperidine rings is 1. The van der Waals surface area contributed by atoms with Crippen molar-refractivity contribution in [1.82, 2.24) is 10.2 Å². The highest BCUT2D eigenvalue weighted by atomic mass is 16.5. The van der Waals surface area contributed by atoms with Crippen molar-refractivity contribution in [2.45, 2.75) is 84.4 Å². The Hall–Kier alpha value is -1.87. The molecule has 0 aromatic heterocycles. The largest absolute Gasteiger partial charge is 0.493 e. The van der Waals surface area contributed by atoms with Crippen LogP contribution in [-0.4, -0.2) is 81.2 Å².